The van der Waals surface area contributed by atoms with Crippen LogP contribution >= 0.6 is 0 Å². The van der Waals surface area contributed by atoms with E-state index in [1.54, 1.807) is 0 Å². The maximum atomic E-state index is 12.5. The molecule has 2 rings (SSSR count). The summed E-state index contributed by atoms with van der Waals surface area (Å²) in [6.07, 6.45) is 2.36. The van der Waals surface area contributed by atoms with Crippen LogP contribution in [-0.4, -0.2) is 62.9 Å². The third-order valence-corrected chi connectivity index (χ3v) is 4.01. The molecule has 142 valence electrons. The maximum Gasteiger partial charge on any atom is 0.243 e. The number of aromatic nitrogens is 2. The molecule has 1 aromatic heterocycles. The van der Waals surface area contributed by atoms with Crippen LogP contribution in [0.5, 0.6) is 0 Å². The number of nitrogens with one attached hydrogen (secondary N) is 4. The number of hydrogen-bond acceptors (Lipinski definition) is 6. The number of amides is 4. The van der Waals surface area contributed by atoms with Gasteiger partial charge in [0.05, 0.1) is 12.4 Å². The van der Waals surface area contributed by atoms with Crippen LogP contribution in [0.2, 0.25) is 0 Å². The number of carbonyl (C=O) groups excluding carboxylic acids is 4. The van der Waals surface area contributed by atoms with Crippen LogP contribution in [0.15, 0.2) is 12.5 Å². The van der Waals surface area contributed by atoms with E-state index in [0.29, 0.717) is 12.1 Å². The molecule has 4 unspecified atom stereocenters. The average molecular weight is 366 g/mol. The molecule has 4 atom stereocenters. The molecule has 1 aromatic rings. The summed E-state index contributed by atoms with van der Waals surface area (Å²) in [5, 5.41) is 17.0. The molecule has 11 nitrogen and oxygen atoms in total. The SMILES string of the molecule is CC(O)C(NC(=O)C(Cc1cnc[nH]1)NC(=O)C1CCC(=O)N1)C(N)=O. The van der Waals surface area contributed by atoms with Gasteiger partial charge in [-0.25, -0.2) is 4.98 Å². The normalized spacial score (nSPS) is 19.9. The summed E-state index contributed by atoms with van der Waals surface area (Å²) in [4.78, 5) is 54.2. The third kappa shape index (κ3) is 5.02. The van der Waals surface area contributed by atoms with Gasteiger partial charge < -0.3 is 31.8 Å². The lowest BCUT2D eigenvalue weighted by atomic mass is 10.1. The molecule has 1 fully saturated rings. The van der Waals surface area contributed by atoms with Gasteiger partial charge in [-0.15, -0.1) is 0 Å². The summed E-state index contributed by atoms with van der Waals surface area (Å²) >= 11 is 0. The zero-order valence-corrected chi connectivity index (χ0v) is 14.2. The molecule has 0 radical (unpaired) electrons. The van der Waals surface area contributed by atoms with Crippen LogP contribution in [0.4, 0.5) is 0 Å². The molecule has 7 N–H and O–H groups in total. The number of aliphatic hydroxyl groups excluding tert-OH is 1. The topological polar surface area (TPSA) is 179 Å². The van der Waals surface area contributed by atoms with Crippen molar-refractivity contribution in [3.8, 4) is 0 Å². The number of rotatable bonds is 8. The van der Waals surface area contributed by atoms with Crippen molar-refractivity contribution in [3.05, 3.63) is 18.2 Å². The largest absolute Gasteiger partial charge is 0.391 e. The molecule has 0 spiro atoms. The molecule has 26 heavy (non-hydrogen) atoms. The average Bonchev–Trinajstić information content (AvgIpc) is 3.22. The Morgan fingerprint density at radius 1 is 1.42 bits per heavy atom. The first-order valence-electron chi connectivity index (χ1n) is 8.12. The van der Waals surface area contributed by atoms with Gasteiger partial charge in [0.15, 0.2) is 0 Å². The molecule has 11 heteroatoms. The highest BCUT2D eigenvalue weighted by Crippen LogP contribution is 2.08. The van der Waals surface area contributed by atoms with E-state index in [2.05, 4.69) is 25.9 Å². The van der Waals surface area contributed by atoms with E-state index in [1.807, 2.05) is 0 Å². The van der Waals surface area contributed by atoms with E-state index in [9.17, 15) is 24.3 Å². The number of nitrogens with two attached hydrogens (primary N) is 1. The van der Waals surface area contributed by atoms with Crippen LogP contribution in [0.25, 0.3) is 0 Å². The molecular weight excluding hydrogens is 344 g/mol. The van der Waals surface area contributed by atoms with Crippen LogP contribution < -0.4 is 21.7 Å². The Kier molecular flexibility index (Phi) is 6.28. The lowest BCUT2D eigenvalue weighted by Gasteiger charge is -2.24. The molecule has 0 bridgehead atoms. The number of aromatic amines is 1. The van der Waals surface area contributed by atoms with Gasteiger partial charge in [-0.1, -0.05) is 0 Å². The first-order chi connectivity index (χ1) is 12.3. The van der Waals surface area contributed by atoms with Gasteiger partial charge in [0, 0.05) is 24.7 Å². The van der Waals surface area contributed by atoms with E-state index in [4.69, 9.17) is 5.73 Å². The number of aliphatic hydroxyl groups is 1. The third-order valence-electron chi connectivity index (χ3n) is 4.01. The first kappa shape index (κ1) is 19.4. The molecule has 2 heterocycles. The van der Waals surface area contributed by atoms with Gasteiger partial charge in [-0.05, 0) is 13.3 Å². The van der Waals surface area contributed by atoms with Gasteiger partial charge in [0.2, 0.25) is 23.6 Å². The van der Waals surface area contributed by atoms with Gasteiger partial charge in [-0.3, -0.25) is 19.2 Å². The number of H-pyrrole nitrogens is 1. The van der Waals surface area contributed by atoms with Gasteiger partial charge in [-0.2, -0.15) is 0 Å². The number of hydrogen-bond donors (Lipinski definition) is 6. The molecule has 1 aliphatic heterocycles. The minimum atomic E-state index is -1.30. The summed E-state index contributed by atoms with van der Waals surface area (Å²) in [7, 11) is 0. The number of nitrogens with zero attached hydrogens (tertiary/aromatic N) is 1. The van der Waals surface area contributed by atoms with Crippen molar-refractivity contribution in [1.29, 1.82) is 0 Å². The molecule has 1 saturated heterocycles. The monoisotopic (exact) mass is 366 g/mol. The van der Waals surface area contributed by atoms with Crippen molar-refractivity contribution in [1.82, 2.24) is 25.9 Å². The fourth-order valence-corrected chi connectivity index (χ4v) is 2.59. The molecule has 1 aliphatic rings. The van der Waals surface area contributed by atoms with Gasteiger partial charge >= 0.3 is 0 Å². The highest BCUT2D eigenvalue weighted by atomic mass is 16.3. The van der Waals surface area contributed by atoms with Crippen LogP contribution in [0, 0.1) is 0 Å². The predicted octanol–water partition coefficient (Wildman–Crippen LogP) is -2.93. The number of carbonyl (C=O) groups is 4. The second-order valence-corrected chi connectivity index (χ2v) is 6.13. The fraction of sp³-hybridized carbons (Fsp3) is 0.533. The quantitative estimate of drug-likeness (QED) is 0.286. The molecule has 0 saturated carbocycles. The molecule has 0 aromatic carbocycles. The Morgan fingerprint density at radius 3 is 2.65 bits per heavy atom. The van der Waals surface area contributed by atoms with Crippen molar-refractivity contribution in [2.24, 2.45) is 5.73 Å². The summed E-state index contributed by atoms with van der Waals surface area (Å²) in [6.45, 7) is 1.31. The molecule has 4 amide bonds. The standard InChI is InChI=1S/C15H22N6O5/c1-7(22)12(13(16)24)21-15(26)10(4-8-5-17-6-18-8)20-14(25)9-2-3-11(23)19-9/h5-7,9-10,12,22H,2-4H2,1H3,(H2,16,24)(H,17,18)(H,19,23)(H,20,25)(H,21,26). The summed E-state index contributed by atoms with van der Waals surface area (Å²) in [5.41, 5.74) is 5.75. The van der Waals surface area contributed by atoms with Crippen LogP contribution in [-0.2, 0) is 25.6 Å². The lowest BCUT2D eigenvalue weighted by Crippen LogP contribution is -2.58. The van der Waals surface area contributed by atoms with Crippen molar-refractivity contribution in [2.75, 3.05) is 0 Å². The zero-order chi connectivity index (χ0) is 19.3. The Bertz CT molecular complexity index is 674. The first-order valence-corrected chi connectivity index (χ1v) is 8.12. The summed E-state index contributed by atoms with van der Waals surface area (Å²) < 4.78 is 0. The van der Waals surface area contributed by atoms with Gasteiger partial charge in [0.25, 0.3) is 0 Å². The molecular formula is C15H22N6O5. The molecule has 0 aliphatic carbocycles. The number of primary amides is 1. The Balaban J connectivity index is 2.09. The highest BCUT2D eigenvalue weighted by Gasteiger charge is 2.32. The van der Waals surface area contributed by atoms with E-state index in [1.165, 1.54) is 19.4 Å². The highest BCUT2D eigenvalue weighted by molar-refractivity contribution is 5.95. The zero-order valence-electron chi connectivity index (χ0n) is 14.2. The van der Waals surface area contributed by atoms with Crippen LogP contribution in [0.1, 0.15) is 25.5 Å². The van der Waals surface area contributed by atoms with Gasteiger partial charge in [0.1, 0.15) is 18.1 Å². The minimum absolute atomic E-state index is 0.0729. The van der Waals surface area contributed by atoms with E-state index < -0.39 is 42.0 Å². The Morgan fingerprint density at radius 2 is 2.15 bits per heavy atom. The second kappa shape index (κ2) is 8.43. The summed E-state index contributed by atoms with van der Waals surface area (Å²) in [5.74, 6) is -2.34. The summed E-state index contributed by atoms with van der Waals surface area (Å²) in [6, 6.07) is -3.07. The number of imidazole rings is 1. The lowest BCUT2D eigenvalue weighted by molar-refractivity contribution is -0.133. The predicted molar refractivity (Wildman–Crippen MR) is 88.2 cm³/mol. The minimum Gasteiger partial charge on any atom is -0.391 e. The van der Waals surface area contributed by atoms with E-state index >= 15 is 0 Å². The van der Waals surface area contributed by atoms with Crippen molar-refractivity contribution in [3.63, 3.8) is 0 Å². The van der Waals surface area contributed by atoms with Crippen LogP contribution in [0.3, 0.4) is 0 Å². The van der Waals surface area contributed by atoms with Crippen molar-refractivity contribution >= 4 is 23.6 Å². The maximum absolute atomic E-state index is 12.5. The van der Waals surface area contributed by atoms with Crippen molar-refractivity contribution in [2.45, 2.75) is 50.4 Å². The Hall–Kier alpha value is -2.95. The smallest absolute Gasteiger partial charge is 0.243 e. The van der Waals surface area contributed by atoms with E-state index in [0.717, 1.165) is 0 Å². The second-order valence-electron chi connectivity index (χ2n) is 6.13. The van der Waals surface area contributed by atoms with Crippen molar-refractivity contribution < 1.29 is 24.3 Å². The van der Waals surface area contributed by atoms with E-state index in [-0.39, 0.29) is 18.7 Å². The Labute approximate surface area is 149 Å². The fourth-order valence-electron chi connectivity index (χ4n) is 2.59.